The molecule has 1 unspecified atom stereocenters. The molecule has 0 aliphatic heterocycles. The lowest BCUT2D eigenvalue weighted by Crippen LogP contribution is -2.45. The highest BCUT2D eigenvalue weighted by Crippen LogP contribution is 2.27. The average molecular weight is 295 g/mol. The Hall–Kier alpha value is -1.46. The maximum atomic E-state index is 13.1. The van der Waals surface area contributed by atoms with Crippen molar-refractivity contribution in [1.82, 2.24) is 5.32 Å². The summed E-state index contributed by atoms with van der Waals surface area (Å²) in [4.78, 5) is 12.8. The summed E-state index contributed by atoms with van der Waals surface area (Å²) in [6.45, 7) is 3.91. The molecule has 20 heavy (non-hydrogen) atoms. The van der Waals surface area contributed by atoms with E-state index in [4.69, 9.17) is 5.11 Å². The maximum Gasteiger partial charge on any atom is 0.261 e. The monoisotopic (exact) mass is 295 g/mol. The van der Waals surface area contributed by atoms with Gasteiger partial charge in [0.2, 0.25) is 0 Å². The van der Waals surface area contributed by atoms with Crippen LogP contribution in [0.1, 0.15) is 36.4 Å². The molecule has 0 saturated heterocycles. The fourth-order valence-corrected chi connectivity index (χ4v) is 2.97. The molecule has 1 heterocycles. The quantitative estimate of drug-likeness (QED) is 0.889. The van der Waals surface area contributed by atoms with Gasteiger partial charge in [0.15, 0.2) is 0 Å². The lowest BCUT2D eigenvalue weighted by Gasteiger charge is -2.28. The minimum atomic E-state index is -0.423. The maximum absolute atomic E-state index is 13.1. The first-order chi connectivity index (χ1) is 9.47. The molecule has 0 saturated carbocycles. The van der Waals surface area contributed by atoms with Crippen molar-refractivity contribution in [3.63, 3.8) is 0 Å². The summed E-state index contributed by atoms with van der Waals surface area (Å²) < 4.78 is 14.0. The number of hydrogen-bond donors (Lipinski definition) is 2. The molecular weight excluding hydrogens is 277 g/mol. The van der Waals surface area contributed by atoms with Gasteiger partial charge in [0.05, 0.1) is 4.88 Å². The number of rotatable bonds is 5. The van der Waals surface area contributed by atoms with Crippen LogP contribution in [0.5, 0.6) is 0 Å². The number of carbonyl (C=O) groups is 1. The number of benzene rings is 1. The van der Waals surface area contributed by atoms with Gasteiger partial charge in [0.1, 0.15) is 5.82 Å². The van der Waals surface area contributed by atoms with Crippen LogP contribution < -0.4 is 5.32 Å². The summed E-state index contributed by atoms with van der Waals surface area (Å²) in [7, 11) is 0. The van der Waals surface area contributed by atoms with Crippen LogP contribution in [0.15, 0.2) is 24.3 Å². The van der Waals surface area contributed by atoms with Crippen molar-refractivity contribution in [2.45, 2.75) is 32.2 Å². The van der Waals surface area contributed by atoms with Crippen LogP contribution >= 0.6 is 11.3 Å². The molecule has 2 aromatic rings. The van der Waals surface area contributed by atoms with E-state index in [1.165, 1.54) is 23.5 Å². The average Bonchev–Trinajstić information content (AvgIpc) is 2.82. The van der Waals surface area contributed by atoms with Crippen molar-refractivity contribution < 1.29 is 14.3 Å². The number of amides is 1. The molecule has 3 nitrogen and oxygen atoms in total. The second-order valence-electron chi connectivity index (χ2n) is 5.13. The molecule has 0 bridgehead atoms. The lowest BCUT2D eigenvalue weighted by atomic mass is 9.95. The Labute approximate surface area is 121 Å². The Morgan fingerprint density at radius 3 is 2.85 bits per heavy atom. The van der Waals surface area contributed by atoms with Crippen molar-refractivity contribution in [3.8, 4) is 0 Å². The van der Waals surface area contributed by atoms with E-state index in [1.807, 2.05) is 13.8 Å². The Morgan fingerprint density at radius 2 is 2.20 bits per heavy atom. The number of fused-ring (bicyclic) bond motifs is 1. The smallest absolute Gasteiger partial charge is 0.261 e. The van der Waals surface area contributed by atoms with Gasteiger partial charge in [-0.05, 0) is 49.4 Å². The summed E-state index contributed by atoms with van der Waals surface area (Å²) in [5, 5.41) is 12.8. The molecule has 0 aliphatic carbocycles. The molecule has 0 aliphatic rings. The lowest BCUT2D eigenvalue weighted by molar-refractivity contribution is 0.0890. The molecule has 0 fully saturated rings. The molecule has 5 heteroatoms. The molecular formula is C15H18FNO2S. The van der Waals surface area contributed by atoms with Gasteiger partial charge in [-0.2, -0.15) is 0 Å². The Morgan fingerprint density at radius 1 is 1.45 bits per heavy atom. The standard InChI is InChI=1S/C15H18FNO2S/c1-3-15(2,6-7-18)17-14(19)13-9-10-8-11(16)4-5-12(10)20-13/h4-5,8-9,18H,3,6-7H2,1-2H3,(H,17,19). The van der Waals surface area contributed by atoms with E-state index >= 15 is 0 Å². The van der Waals surface area contributed by atoms with Crippen LogP contribution in [-0.2, 0) is 0 Å². The topological polar surface area (TPSA) is 49.3 Å². The minimum Gasteiger partial charge on any atom is -0.396 e. The highest BCUT2D eigenvalue weighted by molar-refractivity contribution is 7.20. The molecule has 1 amide bonds. The molecule has 108 valence electrons. The minimum absolute atomic E-state index is 0.0300. The summed E-state index contributed by atoms with van der Waals surface area (Å²) in [6, 6.07) is 6.20. The summed E-state index contributed by atoms with van der Waals surface area (Å²) >= 11 is 1.34. The number of nitrogens with one attached hydrogen (secondary N) is 1. The zero-order valence-corrected chi connectivity index (χ0v) is 12.4. The normalized spacial score (nSPS) is 14.2. The molecule has 1 aromatic heterocycles. The van der Waals surface area contributed by atoms with E-state index in [-0.39, 0.29) is 18.3 Å². The summed E-state index contributed by atoms with van der Waals surface area (Å²) in [5.74, 6) is -0.481. The van der Waals surface area contributed by atoms with Crippen molar-refractivity contribution in [3.05, 3.63) is 35.0 Å². The van der Waals surface area contributed by atoms with Gasteiger partial charge in [-0.25, -0.2) is 4.39 Å². The predicted octanol–water partition coefficient (Wildman–Crippen LogP) is 3.32. The second-order valence-corrected chi connectivity index (χ2v) is 6.22. The van der Waals surface area contributed by atoms with Gasteiger partial charge in [0.25, 0.3) is 5.91 Å². The van der Waals surface area contributed by atoms with E-state index in [1.54, 1.807) is 12.1 Å². The summed E-state index contributed by atoms with van der Waals surface area (Å²) in [6.07, 6.45) is 1.24. The number of carbonyl (C=O) groups excluding carboxylic acids is 1. The van der Waals surface area contributed by atoms with Gasteiger partial charge < -0.3 is 10.4 Å². The Kier molecular flexibility index (Phi) is 4.40. The largest absolute Gasteiger partial charge is 0.396 e. The third-order valence-electron chi connectivity index (χ3n) is 3.56. The van der Waals surface area contributed by atoms with E-state index in [0.717, 1.165) is 16.5 Å². The van der Waals surface area contributed by atoms with Gasteiger partial charge in [-0.15, -0.1) is 11.3 Å². The van der Waals surface area contributed by atoms with Crippen LogP contribution in [-0.4, -0.2) is 23.2 Å². The van der Waals surface area contributed by atoms with Crippen molar-refractivity contribution in [1.29, 1.82) is 0 Å². The molecule has 2 N–H and O–H groups in total. The second kappa shape index (κ2) is 5.89. The first-order valence-corrected chi connectivity index (χ1v) is 7.41. The third-order valence-corrected chi connectivity index (χ3v) is 4.68. The molecule has 0 spiro atoms. The fraction of sp³-hybridized carbons (Fsp3) is 0.400. The van der Waals surface area contributed by atoms with Crippen LogP contribution in [0.4, 0.5) is 4.39 Å². The summed E-state index contributed by atoms with van der Waals surface area (Å²) in [5.41, 5.74) is -0.423. The Balaban J connectivity index is 2.22. The highest BCUT2D eigenvalue weighted by Gasteiger charge is 2.25. The van der Waals surface area contributed by atoms with Crippen LogP contribution in [0.2, 0.25) is 0 Å². The zero-order valence-electron chi connectivity index (χ0n) is 11.6. The number of hydrogen-bond acceptors (Lipinski definition) is 3. The molecule has 0 radical (unpaired) electrons. The van der Waals surface area contributed by atoms with Crippen molar-refractivity contribution in [2.75, 3.05) is 6.61 Å². The van der Waals surface area contributed by atoms with E-state index in [2.05, 4.69) is 5.32 Å². The predicted molar refractivity (Wildman–Crippen MR) is 79.6 cm³/mol. The number of thiophene rings is 1. The van der Waals surface area contributed by atoms with Gasteiger partial charge in [-0.3, -0.25) is 4.79 Å². The van der Waals surface area contributed by atoms with E-state index < -0.39 is 5.54 Å². The molecule has 2 rings (SSSR count). The van der Waals surface area contributed by atoms with Crippen LogP contribution in [0.25, 0.3) is 10.1 Å². The van der Waals surface area contributed by atoms with Gasteiger partial charge in [-0.1, -0.05) is 6.92 Å². The number of aliphatic hydroxyl groups is 1. The number of halogens is 1. The molecule has 1 aromatic carbocycles. The molecule has 1 atom stereocenters. The highest BCUT2D eigenvalue weighted by atomic mass is 32.1. The van der Waals surface area contributed by atoms with Crippen molar-refractivity contribution >= 4 is 27.3 Å². The van der Waals surface area contributed by atoms with E-state index in [9.17, 15) is 9.18 Å². The SMILES string of the molecule is CCC(C)(CCO)NC(=O)c1cc2cc(F)ccc2s1. The first-order valence-electron chi connectivity index (χ1n) is 6.60. The first kappa shape index (κ1) is 14.9. The zero-order chi connectivity index (χ0) is 14.8. The fourth-order valence-electron chi connectivity index (χ4n) is 2.04. The van der Waals surface area contributed by atoms with E-state index in [0.29, 0.717) is 11.3 Å². The van der Waals surface area contributed by atoms with Crippen molar-refractivity contribution in [2.24, 2.45) is 0 Å². The third kappa shape index (κ3) is 3.16. The van der Waals surface area contributed by atoms with Gasteiger partial charge in [0, 0.05) is 16.8 Å². The van der Waals surface area contributed by atoms with Crippen LogP contribution in [0.3, 0.4) is 0 Å². The number of aliphatic hydroxyl groups excluding tert-OH is 1. The van der Waals surface area contributed by atoms with Gasteiger partial charge >= 0.3 is 0 Å². The van der Waals surface area contributed by atoms with Crippen LogP contribution in [0, 0.1) is 5.82 Å². The Bertz CT molecular complexity index is 625.